The van der Waals surface area contributed by atoms with Gasteiger partial charge in [-0.15, -0.1) is 11.3 Å². The summed E-state index contributed by atoms with van der Waals surface area (Å²) in [7, 11) is 1.69. The molecule has 1 heterocycles. The molecule has 5 heteroatoms. The highest BCUT2D eigenvalue weighted by molar-refractivity contribution is 7.15. The normalized spacial score (nSPS) is 10.9. The summed E-state index contributed by atoms with van der Waals surface area (Å²) < 4.78 is 5.24. The number of thiazole rings is 1. The Labute approximate surface area is 129 Å². The Hall–Kier alpha value is -0.940. The monoisotopic (exact) mass is 310 g/mol. The molecule has 0 fully saturated rings. The molecule has 1 N–H and O–H groups in total. The van der Waals surface area contributed by atoms with E-state index in [0.717, 1.165) is 40.8 Å². The Morgan fingerprint density at radius 2 is 2.15 bits per heavy atom. The highest BCUT2D eigenvalue weighted by Crippen LogP contribution is 2.33. The van der Waals surface area contributed by atoms with E-state index in [1.54, 1.807) is 18.4 Å². The Balaban J connectivity index is 2.26. The SMILES string of the molecule is CCCNCc1sc(-c2ccccc2Cl)nc1COC. The Kier molecular flexibility index (Phi) is 5.98. The van der Waals surface area contributed by atoms with E-state index in [4.69, 9.17) is 16.3 Å². The van der Waals surface area contributed by atoms with Gasteiger partial charge in [-0.1, -0.05) is 36.7 Å². The van der Waals surface area contributed by atoms with Gasteiger partial charge >= 0.3 is 0 Å². The summed E-state index contributed by atoms with van der Waals surface area (Å²) in [6.07, 6.45) is 1.12. The first kappa shape index (κ1) is 15.4. The summed E-state index contributed by atoms with van der Waals surface area (Å²) in [6, 6.07) is 7.80. The van der Waals surface area contributed by atoms with Crippen molar-refractivity contribution in [3.05, 3.63) is 39.9 Å². The summed E-state index contributed by atoms with van der Waals surface area (Å²) >= 11 is 7.92. The number of benzene rings is 1. The zero-order valence-corrected chi connectivity index (χ0v) is 13.4. The second-order valence-electron chi connectivity index (χ2n) is 4.48. The van der Waals surface area contributed by atoms with Crippen LogP contribution in [-0.4, -0.2) is 18.6 Å². The fourth-order valence-corrected chi connectivity index (χ4v) is 3.25. The van der Waals surface area contributed by atoms with Gasteiger partial charge in [0.2, 0.25) is 0 Å². The van der Waals surface area contributed by atoms with Crippen LogP contribution < -0.4 is 5.32 Å². The maximum atomic E-state index is 6.24. The molecule has 0 saturated carbocycles. The summed E-state index contributed by atoms with van der Waals surface area (Å²) in [4.78, 5) is 5.90. The average Bonchev–Trinajstić information content (AvgIpc) is 2.83. The molecule has 108 valence electrons. The summed E-state index contributed by atoms with van der Waals surface area (Å²) in [5.74, 6) is 0. The number of rotatable bonds is 7. The topological polar surface area (TPSA) is 34.2 Å². The molecule has 0 unspecified atom stereocenters. The third-order valence-electron chi connectivity index (χ3n) is 2.88. The lowest BCUT2D eigenvalue weighted by atomic mass is 10.2. The first-order chi connectivity index (χ1) is 9.76. The zero-order valence-electron chi connectivity index (χ0n) is 11.8. The molecule has 0 aliphatic heterocycles. The summed E-state index contributed by atoms with van der Waals surface area (Å²) in [6.45, 7) is 4.52. The molecule has 3 nitrogen and oxygen atoms in total. The third kappa shape index (κ3) is 3.79. The van der Waals surface area contributed by atoms with Gasteiger partial charge in [0.25, 0.3) is 0 Å². The van der Waals surface area contributed by atoms with Crippen molar-refractivity contribution in [3.63, 3.8) is 0 Å². The van der Waals surface area contributed by atoms with Crippen LogP contribution in [0.2, 0.25) is 5.02 Å². The fourth-order valence-electron chi connectivity index (χ4n) is 1.90. The van der Waals surface area contributed by atoms with Gasteiger partial charge in [-0.05, 0) is 19.0 Å². The fraction of sp³-hybridized carbons (Fsp3) is 0.400. The molecule has 1 aromatic heterocycles. The smallest absolute Gasteiger partial charge is 0.125 e. The second-order valence-corrected chi connectivity index (χ2v) is 5.97. The third-order valence-corrected chi connectivity index (χ3v) is 4.34. The van der Waals surface area contributed by atoms with Gasteiger partial charge in [0.1, 0.15) is 5.01 Å². The van der Waals surface area contributed by atoms with E-state index in [1.807, 2.05) is 24.3 Å². The van der Waals surface area contributed by atoms with Crippen LogP contribution in [0.5, 0.6) is 0 Å². The standard InChI is InChI=1S/C15H19ClN2OS/c1-3-8-17-9-14-13(10-19-2)18-15(20-14)11-6-4-5-7-12(11)16/h4-7,17H,3,8-10H2,1-2H3. The number of methoxy groups -OCH3 is 1. The maximum absolute atomic E-state index is 6.24. The minimum atomic E-state index is 0.532. The van der Waals surface area contributed by atoms with E-state index in [9.17, 15) is 0 Å². The molecule has 0 aliphatic rings. The van der Waals surface area contributed by atoms with Crippen molar-refractivity contribution in [1.29, 1.82) is 0 Å². The van der Waals surface area contributed by atoms with Gasteiger partial charge in [0.05, 0.1) is 17.3 Å². The molecule has 0 atom stereocenters. The van der Waals surface area contributed by atoms with Crippen molar-refractivity contribution < 1.29 is 4.74 Å². The Bertz CT molecular complexity index is 557. The minimum Gasteiger partial charge on any atom is -0.378 e. The first-order valence-electron chi connectivity index (χ1n) is 6.69. The van der Waals surface area contributed by atoms with Gasteiger partial charge in [-0.25, -0.2) is 4.98 Å². The molecular formula is C15H19ClN2OS. The van der Waals surface area contributed by atoms with E-state index in [-0.39, 0.29) is 0 Å². The van der Waals surface area contributed by atoms with Crippen LogP contribution in [0.15, 0.2) is 24.3 Å². The van der Waals surface area contributed by atoms with Crippen LogP contribution in [0, 0.1) is 0 Å². The van der Waals surface area contributed by atoms with Crippen LogP contribution in [0.1, 0.15) is 23.9 Å². The molecule has 1 aromatic carbocycles. The molecule has 0 bridgehead atoms. The largest absolute Gasteiger partial charge is 0.378 e. The Morgan fingerprint density at radius 3 is 2.85 bits per heavy atom. The van der Waals surface area contributed by atoms with Crippen molar-refractivity contribution in [2.24, 2.45) is 0 Å². The Morgan fingerprint density at radius 1 is 1.35 bits per heavy atom. The number of nitrogens with zero attached hydrogens (tertiary/aromatic N) is 1. The van der Waals surface area contributed by atoms with E-state index < -0.39 is 0 Å². The molecule has 0 spiro atoms. The van der Waals surface area contributed by atoms with E-state index in [0.29, 0.717) is 6.61 Å². The van der Waals surface area contributed by atoms with Gasteiger partial charge < -0.3 is 10.1 Å². The van der Waals surface area contributed by atoms with E-state index >= 15 is 0 Å². The summed E-state index contributed by atoms with van der Waals surface area (Å²) in [5, 5.41) is 5.10. The quantitative estimate of drug-likeness (QED) is 0.781. The predicted molar refractivity (Wildman–Crippen MR) is 85.3 cm³/mol. The number of hydrogen-bond donors (Lipinski definition) is 1. The van der Waals surface area contributed by atoms with Gasteiger partial charge in [0.15, 0.2) is 0 Å². The number of hydrogen-bond acceptors (Lipinski definition) is 4. The number of nitrogens with one attached hydrogen (secondary N) is 1. The van der Waals surface area contributed by atoms with Crippen LogP contribution in [0.25, 0.3) is 10.6 Å². The lowest BCUT2D eigenvalue weighted by Crippen LogP contribution is -2.14. The maximum Gasteiger partial charge on any atom is 0.125 e. The van der Waals surface area contributed by atoms with Gasteiger partial charge in [-0.3, -0.25) is 0 Å². The number of halogens is 1. The molecular weight excluding hydrogens is 292 g/mol. The van der Waals surface area contributed by atoms with Crippen LogP contribution in [0.4, 0.5) is 0 Å². The molecule has 0 radical (unpaired) electrons. The molecule has 2 rings (SSSR count). The van der Waals surface area contributed by atoms with Crippen molar-refractivity contribution >= 4 is 22.9 Å². The van der Waals surface area contributed by atoms with E-state index in [2.05, 4.69) is 17.2 Å². The van der Waals surface area contributed by atoms with Crippen molar-refractivity contribution in [3.8, 4) is 10.6 Å². The second kappa shape index (κ2) is 7.74. The highest BCUT2D eigenvalue weighted by atomic mass is 35.5. The van der Waals surface area contributed by atoms with Crippen LogP contribution in [-0.2, 0) is 17.9 Å². The van der Waals surface area contributed by atoms with Crippen molar-refractivity contribution in [2.75, 3.05) is 13.7 Å². The van der Waals surface area contributed by atoms with Crippen LogP contribution >= 0.6 is 22.9 Å². The van der Waals surface area contributed by atoms with Gasteiger partial charge in [-0.2, -0.15) is 0 Å². The first-order valence-corrected chi connectivity index (χ1v) is 7.88. The summed E-state index contributed by atoms with van der Waals surface area (Å²) in [5.41, 5.74) is 1.98. The highest BCUT2D eigenvalue weighted by Gasteiger charge is 2.13. The lowest BCUT2D eigenvalue weighted by molar-refractivity contribution is 0.181. The van der Waals surface area contributed by atoms with Crippen LogP contribution in [0.3, 0.4) is 0 Å². The molecule has 0 aliphatic carbocycles. The minimum absolute atomic E-state index is 0.532. The van der Waals surface area contributed by atoms with Gasteiger partial charge in [0, 0.05) is 24.1 Å². The predicted octanol–water partition coefficient (Wildman–Crippen LogP) is 4.11. The number of ether oxygens (including phenoxy) is 1. The van der Waals surface area contributed by atoms with Crippen molar-refractivity contribution in [1.82, 2.24) is 10.3 Å². The molecule has 2 aromatic rings. The zero-order chi connectivity index (χ0) is 14.4. The molecule has 20 heavy (non-hydrogen) atoms. The molecule has 0 saturated heterocycles. The van der Waals surface area contributed by atoms with Crippen molar-refractivity contribution in [2.45, 2.75) is 26.5 Å². The average molecular weight is 311 g/mol. The van der Waals surface area contributed by atoms with E-state index in [1.165, 1.54) is 4.88 Å². The lowest BCUT2D eigenvalue weighted by Gasteiger charge is -2.02. The number of aromatic nitrogens is 1. The molecule has 0 amide bonds.